The first kappa shape index (κ1) is 20.0. The molecular formula is C21H30N2O3. The van der Waals surface area contributed by atoms with Gasteiger partial charge in [0, 0.05) is 37.7 Å². The molecule has 0 aliphatic carbocycles. The van der Waals surface area contributed by atoms with Crippen molar-refractivity contribution < 1.29 is 14.0 Å². The van der Waals surface area contributed by atoms with E-state index in [1.807, 2.05) is 37.3 Å². The molecule has 2 unspecified atom stereocenters. The first-order valence-electron chi connectivity index (χ1n) is 9.48. The Bertz CT molecular complexity index is 690. The molecule has 1 aromatic carbocycles. The Kier molecular flexibility index (Phi) is 7.70. The molecule has 1 heterocycles. The fourth-order valence-electron chi connectivity index (χ4n) is 2.67. The van der Waals surface area contributed by atoms with Crippen LogP contribution in [0.3, 0.4) is 0 Å². The van der Waals surface area contributed by atoms with E-state index in [9.17, 15) is 9.59 Å². The standard InChI is InChI=1S/C21H30N2O3/c1-4-15(2)11-21(25)23-14-16(3)13-22-20(24)10-9-18-12-17-7-5-6-8-19(17)26-18/h5-8,12,15-16H,4,9-11,13-14H2,1-3H3,(H,22,24)(H,23,25). The third-order valence-electron chi connectivity index (χ3n) is 4.60. The second-order valence-electron chi connectivity index (χ2n) is 7.18. The highest BCUT2D eigenvalue weighted by molar-refractivity contribution is 5.79. The van der Waals surface area contributed by atoms with Crippen molar-refractivity contribution in [3.8, 4) is 0 Å². The molecule has 0 aliphatic rings. The van der Waals surface area contributed by atoms with Crippen LogP contribution in [0.5, 0.6) is 0 Å². The van der Waals surface area contributed by atoms with Crippen molar-refractivity contribution in [2.24, 2.45) is 11.8 Å². The molecule has 2 amide bonds. The molecule has 5 nitrogen and oxygen atoms in total. The monoisotopic (exact) mass is 358 g/mol. The van der Waals surface area contributed by atoms with Gasteiger partial charge in [-0.15, -0.1) is 0 Å². The minimum absolute atomic E-state index is 0.00300. The van der Waals surface area contributed by atoms with E-state index in [0.717, 1.165) is 23.2 Å². The number of hydrogen-bond donors (Lipinski definition) is 2. The van der Waals surface area contributed by atoms with Gasteiger partial charge in [-0.05, 0) is 24.0 Å². The van der Waals surface area contributed by atoms with Crippen LogP contribution in [-0.4, -0.2) is 24.9 Å². The molecule has 26 heavy (non-hydrogen) atoms. The van der Waals surface area contributed by atoms with Crippen LogP contribution in [0.4, 0.5) is 0 Å². The van der Waals surface area contributed by atoms with Crippen LogP contribution < -0.4 is 10.6 Å². The van der Waals surface area contributed by atoms with Crippen LogP contribution in [0, 0.1) is 11.8 Å². The smallest absolute Gasteiger partial charge is 0.220 e. The molecule has 0 aliphatic heterocycles. The van der Waals surface area contributed by atoms with Crippen molar-refractivity contribution in [3.05, 3.63) is 36.1 Å². The van der Waals surface area contributed by atoms with Crippen LogP contribution in [0.25, 0.3) is 11.0 Å². The fourth-order valence-corrected chi connectivity index (χ4v) is 2.67. The predicted molar refractivity (Wildman–Crippen MR) is 104 cm³/mol. The number of nitrogens with one attached hydrogen (secondary N) is 2. The maximum absolute atomic E-state index is 12.0. The Hall–Kier alpha value is -2.30. The number of fused-ring (bicyclic) bond motifs is 1. The Morgan fingerprint density at radius 3 is 2.42 bits per heavy atom. The lowest BCUT2D eigenvalue weighted by atomic mass is 10.0. The van der Waals surface area contributed by atoms with Crippen molar-refractivity contribution in [2.75, 3.05) is 13.1 Å². The van der Waals surface area contributed by atoms with Crippen LogP contribution in [0.15, 0.2) is 34.7 Å². The third-order valence-corrected chi connectivity index (χ3v) is 4.60. The molecule has 1 aromatic heterocycles. The minimum Gasteiger partial charge on any atom is -0.461 e. The van der Waals surface area contributed by atoms with Crippen molar-refractivity contribution in [1.82, 2.24) is 10.6 Å². The summed E-state index contributed by atoms with van der Waals surface area (Å²) in [5, 5.41) is 6.93. The first-order chi connectivity index (χ1) is 12.5. The molecule has 0 fully saturated rings. The molecule has 2 aromatic rings. The van der Waals surface area contributed by atoms with Gasteiger partial charge in [-0.2, -0.15) is 0 Å². The van der Waals surface area contributed by atoms with Crippen molar-refractivity contribution in [3.63, 3.8) is 0 Å². The van der Waals surface area contributed by atoms with E-state index in [1.165, 1.54) is 0 Å². The van der Waals surface area contributed by atoms with Crippen LogP contribution in [-0.2, 0) is 16.0 Å². The van der Waals surface area contributed by atoms with E-state index >= 15 is 0 Å². The fraction of sp³-hybridized carbons (Fsp3) is 0.524. The molecule has 0 saturated carbocycles. The van der Waals surface area contributed by atoms with Crippen LogP contribution in [0.2, 0.25) is 0 Å². The number of aryl methyl sites for hydroxylation is 1. The van der Waals surface area contributed by atoms with E-state index in [2.05, 4.69) is 24.5 Å². The summed E-state index contributed by atoms with van der Waals surface area (Å²) in [7, 11) is 0. The Morgan fingerprint density at radius 2 is 1.73 bits per heavy atom. The largest absolute Gasteiger partial charge is 0.461 e. The van der Waals surface area contributed by atoms with Gasteiger partial charge in [0.2, 0.25) is 11.8 Å². The van der Waals surface area contributed by atoms with E-state index in [1.54, 1.807) is 0 Å². The Morgan fingerprint density at radius 1 is 1.04 bits per heavy atom. The summed E-state index contributed by atoms with van der Waals surface area (Å²) >= 11 is 0. The number of para-hydroxylation sites is 1. The molecule has 0 radical (unpaired) electrons. The number of carbonyl (C=O) groups is 2. The van der Waals surface area contributed by atoms with Gasteiger partial charge in [0.25, 0.3) is 0 Å². The first-order valence-corrected chi connectivity index (χ1v) is 9.48. The number of furan rings is 1. The van der Waals surface area contributed by atoms with Gasteiger partial charge < -0.3 is 15.1 Å². The topological polar surface area (TPSA) is 71.3 Å². The number of amides is 2. The second-order valence-corrected chi connectivity index (χ2v) is 7.18. The zero-order valence-electron chi connectivity index (χ0n) is 16.0. The molecule has 2 atom stereocenters. The number of carbonyl (C=O) groups excluding carboxylic acids is 2. The normalized spacial score (nSPS) is 13.3. The summed E-state index contributed by atoms with van der Waals surface area (Å²) in [4.78, 5) is 23.8. The highest BCUT2D eigenvalue weighted by Crippen LogP contribution is 2.19. The summed E-state index contributed by atoms with van der Waals surface area (Å²) in [6.45, 7) is 7.32. The average Bonchev–Trinajstić information content (AvgIpc) is 3.05. The van der Waals surface area contributed by atoms with E-state index in [-0.39, 0.29) is 17.7 Å². The molecule has 0 saturated heterocycles. The van der Waals surface area contributed by atoms with Gasteiger partial charge in [0.15, 0.2) is 0 Å². The van der Waals surface area contributed by atoms with Gasteiger partial charge >= 0.3 is 0 Å². The lowest BCUT2D eigenvalue weighted by Gasteiger charge is -2.15. The number of rotatable bonds is 10. The number of hydrogen-bond acceptors (Lipinski definition) is 3. The van der Waals surface area contributed by atoms with E-state index in [0.29, 0.717) is 38.3 Å². The minimum atomic E-state index is 0.00300. The van der Waals surface area contributed by atoms with Gasteiger partial charge in [-0.25, -0.2) is 0 Å². The zero-order valence-corrected chi connectivity index (χ0v) is 16.0. The highest BCUT2D eigenvalue weighted by Gasteiger charge is 2.11. The second kappa shape index (κ2) is 10.00. The van der Waals surface area contributed by atoms with Gasteiger partial charge in [0.05, 0.1) is 0 Å². The van der Waals surface area contributed by atoms with E-state index < -0.39 is 0 Å². The molecule has 0 bridgehead atoms. The van der Waals surface area contributed by atoms with Crippen LogP contribution in [0.1, 0.15) is 45.8 Å². The summed E-state index contributed by atoms with van der Waals surface area (Å²) in [6, 6.07) is 9.82. The summed E-state index contributed by atoms with van der Waals surface area (Å²) in [6.07, 6.45) is 2.55. The maximum atomic E-state index is 12.0. The summed E-state index contributed by atoms with van der Waals surface area (Å²) in [5.41, 5.74) is 0.852. The van der Waals surface area contributed by atoms with Crippen molar-refractivity contribution in [1.29, 1.82) is 0 Å². The zero-order chi connectivity index (χ0) is 18.9. The number of benzene rings is 1. The van der Waals surface area contributed by atoms with Gasteiger partial charge in [-0.3, -0.25) is 9.59 Å². The molecular weight excluding hydrogens is 328 g/mol. The SMILES string of the molecule is CCC(C)CC(=O)NCC(C)CNC(=O)CCc1cc2ccccc2o1. The van der Waals surface area contributed by atoms with E-state index in [4.69, 9.17) is 4.42 Å². The van der Waals surface area contributed by atoms with Gasteiger partial charge in [0.1, 0.15) is 11.3 Å². The third kappa shape index (κ3) is 6.54. The Balaban J connectivity index is 1.64. The predicted octanol–water partition coefficient (Wildman–Crippen LogP) is 3.67. The van der Waals surface area contributed by atoms with Gasteiger partial charge in [-0.1, -0.05) is 45.4 Å². The Labute approximate surface area is 155 Å². The van der Waals surface area contributed by atoms with Crippen LogP contribution >= 0.6 is 0 Å². The molecule has 0 spiro atoms. The maximum Gasteiger partial charge on any atom is 0.220 e. The lowest BCUT2D eigenvalue weighted by Crippen LogP contribution is -2.35. The molecule has 142 valence electrons. The quantitative estimate of drug-likeness (QED) is 0.681. The summed E-state index contributed by atoms with van der Waals surface area (Å²) in [5.74, 6) is 1.52. The summed E-state index contributed by atoms with van der Waals surface area (Å²) < 4.78 is 5.72. The molecule has 5 heteroatoms. The molecule has 2 rings (SSSR count). The lowest BCUT2D eigenvalue weighted by molar-refractivity contribution is -0.122. The van der Waals surface area contributed by atoms with Crippen molar-refractivity contribution >= 4 is 22.8 Å². The molecule has 2 N–H and O–H groups in total. The average molecular weight is 358 g/mol. The van der Waals surface area contributed by atoms with Crippen molar-refractivity contribution in [2.45, 2.75) is 46.5 Å². The highest BCUT2D eigenvalue weighted by atomic mass is 16.3.